The molecule has 1 aromatic carbocycles. The summed E-state index contributed by atoms with van der Waals surface area (Å²) >= 11 is 0. The molecule has 2 aromatic rings. The number of ether oxygens (including phenoxy) is 2. The summed E-state index contributed by atoms with van der Waals surface area (Å²) in [6, 6.07) is 6.23. The van der Waals surface area contributed by atoms with Gasteiger partial charge in [-0.1, -0.05) is 12.1 Å². The van der Waals surface area contributed by atoms with Crippen LogP contribution in [0.2, 0.25) is 0 Å². The summed E-state index contributed by atoms with van der Waals surface area (Å²) < 4.78 is 23.7. The van der Waals surface area contributed by atoms with Gasteiger partial charge in [0.25, 0.3) is 0 Å². The number of pyridine rings is 1. The van der Waals surface area contributed by atoms with E-state index < -0.39 is 11.9 Å². The quantitative estimate of drug-likeness (QED) is 0.918. The van der Waals surface area contributed by atoms with Gasteiger partial charge in [-0.15, -0.1) is 0 Å². The van der Waals surface area contributed by atoms with Gasteiger partial charge in [0.2, 0.25) is 0 Å². The molecule has 2 N–H and O–H groups in total. The smallest absolute Gasteiger partial charge is 0.165 e. The highest BCUT2D eigenvalue weighted by Gasteiger charge is 2.18. The molecular formula is C14H15FN2O2. The summed E-state index contributed by atoms with van der Waals surface area (Å²) in [5.74, 6) is 0.705. The number of aromatic nitrogens is 1. The molecule has 1 atom stereocenters. The highest BCUT2D eigenvalue weighted by molar-refractivity contribution is 5.50. The maximum Gasteiger partial charge on any atom is 0.165 e. The molecule has 1 aromatic heterocycles. The largest absolute Gasteiger partial charge is 0.493 e. The van der Waals surface area contributed by atoms with Gasteiger partial charge < -0.3 is 15.2 Å². The third-order valence-electron chi connectivity index (χ3n) is 2.85. The fraction of sp³-hybridized carbons (Fsp3) is 0.214. The molecular weight excluding hydrogens is 247 g/mol. The van der Waals surface area contributed by atoms with Crippen molar-refractivity contribution >= 4 is 0 Å². The van der Waals surface area contributed by atoms with E-state index >= 15 is 0 Å². The number of hydrogen-bond donors (Lipinski definition) is 1. The molecule has 0 aliphatic heterocycles. The zero-order valence-electron chi connectivity index (χ0n) is 10.8. The van der Waals surface area contributed by atoms with Crippen molar-refractivity contribution in [3.63, 3.8) is 0 Å². The number of methoxy groups -OCH3 is 2. The number of benzene rings is 1. The second-order valence-corrected chi connectivity index (χ2v) is 4.00. The Morgan fingerprint density at radius 3 is 2.63 bits per heavy atom. The monoisotopic (exact) mass is 262 g/mol. The number of rotatable bonds is 4. The number of nitrogens with zero attached hydrogens (tertiary/aromatic N) is 1. The minimum atomic E-state index is -0.534. The average molecular weight is 262 g/mol. The van der Waals surface area contributed by atoms with Crippen LogP contribution in [0.1, 0.15) is 17.2 Å². The molecule has 0 radical (unpaired) electrons. The van der Waals surface area contributed by atoms with Gasteiger partial charge in [0.05, 0.1) is 26.5 Å². The van der Waals surface area contributed by atoms with Crippen molar-refractivity contribution < 1.29 is 13.9 Å². The van der Waals surface area contributed by atoms with Crippen LogP contribution in [0, 0.1) is 5.82 Å². The van der Waals surface area contributed by atoms with Crippen LogP contribution in [0.15, 0.2) is 36.7 Å². The van der Waals surface area contributed by atoms with Gasteiger partial charge in [0.15, 0.2) is 11.5 Å². The molecule has 1 unspecified atom stereocenters. The molecule has 4 nitrogen and oxygen atoms in total. The van der Waals surface area contributed by atoms with E-state index in [1.807, 2.05) is 12.1 Å². The first kappa shape index (κ1) is 13.3. The number of halogens is 1. The summed E-state index contributed by atoms with van der Waals surface area (Å²) in [5, 5.41) is 0. The number of para-hydroxylation sites is 1. The standard InChI is InChI=1S/C14H15FN2O2/c1-18-12-5-3-4-11(14(12)19-2)13(16)9-6-10(15)8-17-7-9/h3-8,13H,16H2,1-2H3. The molecule has 0 saturated heterocycles. The minimum absolute atomic E-state index is 0.421. The number of hydrogen-bond acceptors (Lipinski definition) is 4. The third kappa shape index (κ3) is 2.66. The Balaban J connectivity index is 2.46. The van der Waals surface area contributed by atoms with Crippen LogP contribution in [0.4, 0.5) is 4.39 Å². The van der Waals surface area contributed by atoms with Crippen LogP contribution in [0.5, 0.6) is 11.5 Å². The minimum Gasteiger partial charge on any atom is -0.493 e. The van der Waals surface area contributed by atoms with Crippen LogP contribution in [-0.4, -0.2) is 19.2 Å². The molecule has 0 aliphatic carbocycles. The normalized spacial score (nSPS) is 12.0. The summed E-state index contributed by atoms with van der Waals surface area (Å²) in [6.45, 7) is 0. The van der Waals surface area contributed by atoms with Gasteiger partial charge >= 0.3 is 0 Å². The van der Waals surface area contributed by atoms with Gasteiger partial charge in [-0.3, -0.25) is 4.98 Å². The van der Waals surface area contributed by atoms with E-state index in [0.29, 0.717) is 22.6 Å². The Morgan fingerprint density at radius 1 is 1.21 bits per heavy atom. The maximum absolute atomic E-state index is 13.2. The zero-order valence-corrected chi connectivity index (χ0v) is 10.8. The Kier molecular flexibility index (Phi) is 3.97. The summed E-state index contributed by atoms with van der Waals surface area (Å²) in [4.78, 5) is 3.80. The lowest BCUT2D eigenvalue weighted by Crippen LogP contribution is -2.14. The first-order valence-corrected chi connectivity index (χ1v) is 5.74. The zero-order chi connectivity index (χ0) is 13.8. The van der Waals surface area contributed by atoms with E-state index in [-0.39, 0.29) is 0 Å². The van der Waals surface area contributed by atoms with E-state index in [4.69, 9.17) is 15.2 Å². The van der Waals surface area contributed by atoms with Crippen LogP contribution < -0.4 is 15.2 Å². The van der Waals surface area contributed by atoms with Gasteiger partial charge in [-0.05, 0) is 17.7 Å². The van der Waals surface area contributed by atoms with E-state index in [1.54, 1.807) is 13.2 Å². The lowest BCUT2D eigenvalue weighted by atomic mass is 9.99. The molecule has 0 spiro atoms. The van der Waals surface area contributed by atoms with Crippen LogP contribution in [0.25, 0.3) is 0 Å². The number of nitrogens with two attached hydrogens (primary N) is 1. The van der Waals surface area contributed by atoms with E-state index in [1.165, 1.54) is 19.4 Å². The van der Waals surface area contributed by atoms with Crippen LogP contribution in [-0.2, 0) is 0 Å². The van der Waals surface area contributed by atoms with Gasteiger partial charge in [-0.25, -0.2) is 4.39 Å². The molecule has 0 saturated carbocycles. The first-order valence-electron chi connectivity index (χ1n) is 5.74. The van der Waals surface area contributed by atoms with E-state index in [2.05, 4.69) is 4.98 Å². The Bertz CT molecular complexity index is 575. The van der Waals surface area contributed by atoms with Crippen molar-refractivity contribution in [3.8, 4) is 11.5 Å². The van der Waals surface area contributed by atoms with E-state index in [0.717, 1.165) is 6.20 Å². The van der Waals surface area contributed by atoms with Crippen molar-refractivity contribution in [2.45, 2.75) is 6.04 Å². The Morgan fingerprint density at radius 2 is 2.00 bits per heavy atom. The highest BCUT2D eigenvalue weighted by Crippen LogP contribution is 2.35. The highest BCUT2D eigenvalue weighted by atomic mass is 19.1. The van der Waals surface area contributed by atoms with Crippen molar-refractivity contribution in [2.24, 2.45) is 5.73 Å². The van der Waals surface area contributed by atoms with Crippen molar-refractivity contribution in [1.29, 1.82) is 0 Å². The molecule has 5 heteroatoms. The fourth-order valence-electron chi connectivity index (χ4n) is 1.93. The topological polar surface area (TPSA) is 57.4 Å². The Hall–Kier alpha value is -2.14. The first-order chi connectivity index (χ1) is 9.17. The fourth-order valence-corrected chi connectivity index (χ4v) is 1.93. The second-order valence-electron chi connectivity index (χ2n) is 4.00. The molecule has 1 heterocycles. The predicted molar refractivity (Wildman–Crippen MR) is 69.8 cm³/mol. The summed E-state index contributed by atoms with van der Waals surface area (Å²) in [5.41, 5.74) is 7.44. The van der Waals surface area contributed by atoms with Gasteiger partial charge in [0.1, 0.15) is 5.82 Å². The van der Waals surface area contributed by atoms with Crippen molar-refractivity contribution in [2.75, 3.05) is 14.2 Å². The van der Waals surface area contributed by atoms with Gasteiger partial charge in [-0.2, -0.15) is 0 Å². The molecule has 2 rings (SSSR count). The molecule has 19 heavy (non-hydrogen) atoms. The molecule has 0 amide bonds. The summed E-state index contributed by atoms with van der Waals surface area (Å²) in [7, 11) is 3.09. The van der Waals surface area contributed by atoms with Crippen LogP contribution in [0.3, 0.4) is 0 Å². The summed E-state index contributed by atoms with van der Waals surface area (Å²) in [6.07, 6.45) is 2.67. The average Bonchev–Trinajstić information content (AvgIpc) is 2.45. The van der Waals surface area contributed by atoms with Crippen molar-refractivity contribution in [1.82, 2.24) is 4.98 Å². The lowest BCUT2D eigenvalue weighted by Gasteiger charge is -2.17. The van der Waals surface area contributed by atoms with Crippen LogP contribution >= 0.6 is 0 Å². The van der Waals surface area contributed by atoms with E-state index in [9.17, 15) is 4.39 Å². The molecule has 0 bridgehead atoms. The second kappa shape index (κ2) is 5.67. The molecule has 0 aliphatic rings. The SMILES string of the molecule is COc1cccc(C(N)c2cncc(F)c2)c1OC. The third-order valence-corrected chi connectivity index (χ3v) is 2.85. The molecule has 100 valence electrons. The maximum atomic E-state index is 13.2. The van der Waals surface area contributed by atoms with Crippen molar-refractivity contribution in [3.05, 3.63) is 53.6 Å². The van der Waals surface area contributed by atoms with Gasteiger partial charge in [0, 0.05) is 11.8 Å². The molecule has 0 fully saturated rings. The predicted octanol–water partition coefficient (Wildman–Crippen LogP) is 2.29. The lowest BCUT2D eigenvalue weighted by molar-refractivity contribution is 0.350. The Labute approximate surface area is 111 Å².